The highest BCUT2D eigenvalue weighted by atomic mass is 16.5. The summed E-state index contributed by atoms with van der Waals surface area (Å²) in [5.41, 5.74) is 1.20. The zero-order chi connectivity index (χ0) is 10.4. The van der Waals surface area contributed by atoms with Crippen LogP contribution in [0.3, 0.4) is 0 Å². The van der Waals surface area contributed by atoms with Crippen molar-refractivity contribution < 1.29 is 9.15 Å². The smallest absolute Gasteiger partial charge is 0.0950 e. The topological polar surface area (TPSA) is 34.4 Å². The maximum atomic E-state index is 5.21. The predicted octanol–water partition coefficient (Wildman–Crippen LogP) is 2.36. The second-order valence-corrected chi connectivity index (χ2v) is 3.52. The molecule has 0 saturated carbocycles. The molecule has 0 amide bonds. The summed E-state index contributed by atoms with van der Waals surface area (Å²) in [5.74, 6) is 0. The second-order valence-electron chi connectivity index (χ2n) is 3.52. The van der Waals surface area contributed by atoms with Crippen LogP contribution in [0, 0.1) is 0 Å². The molecule has 1 aromatic rings. The molecule has 3 nitrogen and oxygen atoms in total. The SMILES string of the molecule is CNC(CCC(C)OC)c1ccoc1. The van der Waals surface area contributed by atoms with Crippen LogP contribution in [-0.4, -0.2) is 20.3 Å². The molecule has 80 valence electrons. The Morgan fingerprint density at radius 1 is 1.50 bits per heavy atom. The largest absolute Gasteiger partial charge is 0.472 e. The molecule has 14 heavy (non-hydrogen) atoms. The number of nitrogens with one attached hydrogen (secondary N) is 1. The lowest BCUT2D eigenvalue weighted by Gasteiger charge is -2.16. The van der Waals surface area contributed by atoms with Gasteiger partial charge in [0.2, 0.25) is 0 Å². The van der Waals surface area contributed by atoms with E-state index in [1.807, 2.05) is 13.1 Å². The highest BCUT2D eigenvalue weighted by molar-refractivity contribution is 5.11. The van der Waals surface area contributed by atoms with Crippen molar-refractivity contribution in [2.24, 2.45) is 0 Å². The van der Waals surface area contributed by atoms with E-state index in [0.717, 1.165) is 12.8 Å². The zero-order valence-corrected chi connectivity index (χ0v) is 9.12. The Labute approximate surface area is 85.4 Å². The van der Waals surface area contributed by atoms with Gasteiger partial charge in [-0.2, -0.15) is 0 Å². The molecule has 1 heterocycles. The first-order valence-corrected chi connectivity index (χ1v) is 5.00. The van der Waals surface area contributed by atoms with Gasteiger partial charge in [0.15, 0.2) is 0 Å². The minimum atomic E-state index is 0.317. The van der Waals surface area contributed by atoms with Gasteiger partial charge in [0.05, 0.1) is 18.6 Å². The highest BCUT2D eigenvalue weighted by Gasteiger charge is 2.11. The molecular weight excluding hydrogens is 178 g/mol. The predicted molar refractivity (Wildman–Crippen MR) is 56.2 cm³/mol. The van der Waals surface area contributed by atoms with Gasteiger partial charge in [0, 0.05) is 18.7 Å². The van der Waals surface area contributed by atoms with Crippen molar-refractivity contribution in [1.82, 2.24) is 5.32 Å². The Morgan fingerprint density at radius 3 is 2.79 bits per heavy atom. The van der Waals surface area contributed by atoms with Crippen molar-refractivity contribution >= 4 is 0 Å². The van der Waals surface area contributed by atoms with Crippen molar-refractivity contribution in [3.63, 3.8) is 0 Å². The van der Waals surface area contributed by atoms with Gasteiger partial charge in [-0.15, -0.1) is 0 Å². The molecule has 1 aromatic heterocycles. The summed E-state index contributed by atoms with van der Waals surface area (Å²) < 4.78 is 10.3. The molecule has 1 N–H and O–H groups in total. The van der Waals surface area contributed by atoms with Gasteiger partial charge in [-0.3, -0.25) is 0 Å². The fraction of sp³-hybridized carbons (Fsp3) is 0.636. The first kappa shape index (κ1) is 11.3. The number of ether oxygens (including phenoxy) is 1. The number of hydrogen-bond acceptors (Lipinski definition) is 3. The van der Waals surface area contributed by atoms with E-state index in [2.05, 4.69) is 12.2 Å². The maximum absolute atomic E-state index is 5.21. The lowest BCUT2D eigenvalue weighted by atomic mass is 10.0. The summed E-state index contributed by atoms with van der Waals surface area (Å²) in [6.07, 6.45) is 5.92. The van der Waals surface area contributed by atoms with Crippen LogP contribution in [0.2, 0.25) is 0 Å². The highest BCUT2D eigenvalue weighted by Crippen LogP contribution is 2.19. The summed E-state index contributed by atoms with van der Waals surface area (Å²) in [4.78, 5) is 0. The van der Waals surface area contributed by atoms with Gasteiger partial charge < -0.3 is 14.5 Å². The average molecular weight is 197 g/mol. The van der Waals surface area contributed by atoms with Crippen molar-refractivity contribution in [3.8, 4) is 0 Å². The van der Waals surface area contributed by atoms with Crippen LogP contribution in [0.4, 0.5) is 0 Å². The van der Waals surface area contributed by atoms with Crippen LogP contribution in [-0.2, 0) is 4.74 Å². The van der Waals surface area contributed by atoms with Gasteiger partial charge in [-0.05, 0) is 32.9 Å². The Kier molecular flexibility index (Phi) is 4.70. The Morgan fingerprint density at radius 2 is 2.29 bits per heavy atom. The third kappa shape index (κ3) is 3.16. The van der Waals surface area contributed by atoms with Gasteiger partial charge in [-0.1, -0.05) is 0 Å². The van der Waals surface area contributed by atoms with Crippen LogP contribution in [0.5, 0.6) is 0 Å². The number of hydrogen-bond donors (Lipinski definition) is 1. The van der Waals surface area contributed by atoms with Crippen LogP contribution >= 0.6 is 0 Å². The van der Waals surface area contributed by atoms with Crippen LogP contribution in [0.25, 0.3) is 0 Å². The maximum Gasteiger partial charge on any atom is 0.0950 e. The van der Waals surface area contributed by atoms with E-state index >= 15 is 0 Å². The molecule has 2 unspecified atom stereocenters. The van der Waals surface area contributed by atoms with Crippen LogP contribution in [0.15, 0.2) is 23.0 Å². The minimum Gasteiger partial charge on any atom is -0.472 e. The van der Waals surface area contributed by atoms with Crippen molar-refractivity contribution in [3.05, 3.63) is 24.2 Å². The molecule has 0 aromatic carbocycles. The van der Waals surface area contributed by atoms with Gasteiger partial charge >= 0.3 is 0 Å². The number of furan rings is 1. The monoisotopic (exact) mass is 197 g/mol. The molecule has 0 bridgehead atoms. The molecule has 0 radical (unpaired) electrons. The summed E-state index contributed by atoms with van der Waals surface area (Å²) in [7, 11) is 3.71. The zero-order valence-electron chi connectivity index (χ0n) is 9.12. The van der Waals surface area contributed by atoms with E-state index in [1.54, 1.807) is 19.6 Å². The van der Waals surface area contributed by atoms with Crippen molar-refractivity contribution in [1.29, 1.82) is 0 Å². The standard InChI is InChI=1S/C11H19NO2/c1-9(13-3)4-5-11(12-2)10-6-7-14-8-10/h6-9,11-12H,4-5H2,1-3H3. The summed E-state index contributed by atoms with van der Waals surface area (Å²) in [6.45, 7) is 2.09. The fourth-order valence-electron chi connectivity index (χ4n) is 1.47. The molecular formula is C11H19NO2. The van der Waals surface area contributed by atoms with E-state index in [0.29, 0.717) is 12.1 Å². The first-order chi connectivity index (χ1) is 6.77. The summed E-state index contributed by atoms with van der Waals surface area (Å²) in [6, 6.07) is 2.37. The lowest BCUT2D eigenvalue weighted by Crippen LogP contribution is -2.18. The van der Waals surface area contributed by atoms with Crippen LogP contribution in [0.1, 0.15) is 31.4 Å². The Hall–Kier alpha value is -0.800. The molecule has 0 aliphatic carbocycles. The average Bonchev–Trinajstić information content (AvgIpc) is 2.72. The number of methoxy groups -OCH3 is 1. The Balaban J connectivity index is 2.40. The first-order valence-electron chi connectivity index (χ1n) is 5.00. The quantitative estimate of drug-likeness (QED) is 0.760. The molecule has 0 aliphatic heterocycles. The molecule has 1 rings (SSSR count). The molecule has 0 saturated heterocycles. The van der Waals surface area contributed by atoms with E-state index in [4.69, 9.17) is 9.15 Å². The molecule has 0 aliphatic rings. The van der Waals surface area contributed by atoms with Gasteiger partial charge in [0.1, 0.15) is 0 Å². The van der Waals surface area contributed by atoms with E-state index < -0.39 is 0 Å². The van der Waals surface area contributed by atoms with E-state index in [1.165, 1.54) is 5.56 Å². The third-order valence-electron chi connectivity index (χ3n) is 2.56. The van der Waals surface area contributed by atoms with Crippen molar-refractivity contribution in [2.75, 3.05) is 14.2 Å². The molecule has 0 spiro atoms. The van der Waals surface area contributed by atoms with E-state index in [-0.39, 0.29) is 0 Å². The van der Waals surface area contributed by atoms with E-state index in [9.17, 15) is 0 Å². The number of rotatable bonds is 6. The molecule has 0 fully saturated rings. The Bertz CT molecular complexity index is 233. The molecule has 2 atom stereocenters. The summed E-state index contributed by atoms with van der Waals surface area (Å²) >= 11 is 0. The molecule has 3 heteroatoms. The van der Waals surface area contributed by atoms with Gasteiger partial charge in [0.25, 0.3) is 0 Å². The second kappa shape index (κ2) is 5.83. The minimum absolute atomic E-state index is 0.317. The fourth-order valence-corrected chi connectivity index (χ4v) is 1.47. The van der Waals surface area contributed by atoms with Gasteiger partial charge in [-0.25, -0.2) is 0 Å². The summed E-state index contributed by atoms with van der Waals surface area (Å²) in [5, 5.41) is 3.27. The third-order valence-corrected chi connectivity index (χ3v) is 2.56. The van der Waals surface area contributed by atoms with Crippen molar-refractivity contribution in [2.45, 2.75) is 31.9 Å². The normalized spacial score (nSPS) is 15.4. The van der Waals surface area contributed by atoms with Crippen LogP contribution < -0.4 is 5.32 Å². The lowest BCUT2D eigenvalue weighted by molar-refractivity contribution is 0.106.